The van der Waals surface area contributed by atoms with Crippen LogP contribution >= 0.6 is 11.3 Å². The standard InChI is InChI=1S/C10H7F3S/c1-5-8-6(11)3-2-4-7(8)14-9(5)10(12)13/h2-4,10H,1H3. The average molecular weight is 216 g/mol. The van der Waals surface area contributed by atoms with Gasteiger partial charge in [-0.05, 0) is 24.6 Å². The molecule has 0 bridgehead atoms. The zero-order valence-corrected chi connectivity index (χ0v) is 8.17. The van der Waals surface area contributed by atoms with Crippen molar-refractivity contribution in [2.24, 2.45) is 0 Å². The van der Waals surface area contributed by atoms with Crippen LogP contribution in [0.15, 0.2) is 18.2 Å². The Morgan fingerprint density at radius 1 is 1.29 bits per heavy atom. The summed E-state index contributed by atoms with van der Waals surface area (Å²) in [4.78, 5) is -0.0369. The molecule has 0 amide bonds. The van der Waals surface area contributed by atoms with Gasteiger partial charge in [0.1, 0.15) is 5.82 Å². The van der Waals surface area contributed by atoms with Gasteiger partial charge in [0.25, 0.3) is 6.43 Å². The van der Waals surface area contributed by atoms with E-state index in [1.165, 1.54) is 19.1 Å². The molecule has 0 aliphatic carbocycles. The first-order valence-electron chi connectivity index (χ1n) is 4.07. The SMILES string of the molecule is Cc1c(C(F)F)sc2cccc(F)c12. The minimum absolute atomic E-state index is 0.0369. The number of halogens is 3. The van der Waals surface area contributed by atoms with Crippen molar-refractivity contribution in [3.8, 4) is 0 Å². The highest BCUT2D eigenvalue weighted by Gasteiger charge is 2.18. The van der Waals surface area contributed by atoms with Gasteiger partial charge >= 0.3 is 0 Å². The van der Waals surface area contributed by atoms with E-state index in [9.17, 15) is 13.2 Å². The summed E-state index contributed by atoms with van der Waals surface area (Å²) < 4.78 is 38.8. The maximum atomic E-state index is 13.3. The molecule has 0 aliphatic rings. The van der Waals surface area contributed by atoms with Gasteiger partial charge in [-0.25, -0.2) is 13.2 Å². The molecule has 0 saturated carbocycles. The zero-order valence-electron chi connectivity index (χ0n) is 7.35. The van der Waals surface area contributed by atoms with Crippen LogP contribution in [0.5, 0.6) is 0 Å². The molecule has 0 radical (unpaired) electrons. The smallest absolute Gasteiger partial charge is 0.206 e. The van der Waals surface area contributed by atoms with Crippen LogP contribution in [0, 0.1) is 12.7 Å². The predicted octanol–water partition coefficient (Wildman–Crippen LogP) is 4.29. The second-order valence-corrected chi connectivity index (χ2v) is 4.09. The highest BCUT2D eigenvalue weighted by molar-refractivity contribution is 7.19. The summed E-state index contributed by atoms with van der Waals surface area (Å²) in [7, 11) is 0. The summed E-state index contributed by atoms with van der Waals surface area (Å²) in [6, 6.07) is 4.47. The van der Waals surface area contributed by atoms with E-state index in [4.69, 9.17) is 0 Å². The van der Waals surface area contributed by atoms with Crippen LogP contribution in [0.25, 0.3) is 10.1 Å². The molecule has 4 heteroatoms. The molecule has 0 saturated heterocycles. The second kappa shape index (κ2) is 3.28. The van der Waals surface area contributed by atoms with Gasteiger partial charge in [0.2, 0.25) is 0 Å². The predicted molar refractivity (Wildman–Crippen MR) is 51.5 cm³/mol. The molecule has 1 aromatic carbocycles. The van der Waals surface area contributed by atoms with Gasteiger partial charge in [0, 0.05) is 10.1 Å². The number of alkyl halides is 2. The fraction of sp³-hybridized carbons (Fsp3) is 0.200. The van der Waals surface area contributed by atoms with Crippen molar-refractivity contribution >= 4 is 21.4 Å². The molecule has 74 valence electrons. The zero-order chi connectivity index (χ0) is 10.3. The quantitative estimate of drug-likeness (QED) is 0.667. The Hall–Kier alpha value is -1.03. The molecule has 0 N–H and O–H groups in total. The third kappa shape index (κ3) is 1.30. The third-order valence-corrected chi connectivity index (χ3v) is 3.40. The van der Waals surface area contributed by atoms with Crippen LogP contribution in [0.3, 0.4) is 0 Å². The Balaban J connectivity index is 2.81. The first kappa shape index (κ1) is 9.52. The number of fused-ring (bicyclic) bond motifs is 1. The molecular weight excluding hydrogens is 209 g/mol. The lowest BCUT2D eigenvalue weighted by atomic mass is 10.1. The summed E-state index contributed by atoms with van der Waals surface area (Å²) in [6.07, 6.45) is -2.52. The lowest BCUT2D eigenvalue weighted by Gasteiger charge is -1.96. The molecule has 0 nitrogen and oxygen atoms in total. The van der Waals surface area contributed by atoms with Crippen LogP contribution in [-0.4, -0.2) is 0 Å². The minimum Gasteiger partial charge on any atom is -0.206 e. The molecular formula is C10H7F3S. The second-order valence-electron chi connectivity index (χ2n) is 3.00. The van der Waals surface area contributed by atoms with E-state index in [-0.39, 0.29) is 4.88 Å². The van der Waals surface area contributed by atoms with Gasteiger partial charge in [0.05, 0.1) is 4.88 Å². The highest BCUT2D eigenvalue weighted by atomic mass is 32.1. The Kier molecular flexibility index (Phi) is 2.23. The van der Waals surface area contributed by atoms with Gasteiger partial charge in [-0.2, -0.15) is 0 Å². The van der Waals surface area contributed by atoms with Crippen LogP contribution in [0.1, 0.15) is 16.9 Å². The number of thiophene rings is 1. The van der Waals surface area contributed by atoms with Crippen molar-refractivity contribution in [3.05, 3.63) is 34.5 Å². The van der Waals surface area contributed by atoms with Crippen LogP contribution < -0.4 is 0 Å². The summed E-state index contributed by atoms with van der Waals surface area (Å²) >= 11 is 0.956. The highest BCUT2D eigenvalue weighted by Crippen LogP contribution is 2.37. The summed E-state index contributed by atoms with van der Waals surface area (Å²) in [5.74, 6) is -0.428. The molecule has 0 atom stereocenters. The van der Waals surface area contributed by atoms with E-state index >= 15 is 0 Å². The van der Waals surface area contributed by atoms with Crippen molar-refractivity contribution in [1.29, 1.82) is 0 Å². The van der Waals surface area contributed by atoms with E-state index in [2.05, 4.69) is 0 Å². The Labute approximate surface area is 83.0 Å². The number of benzene rings is 1. The molecule has 0 spiro atoms. The molecule has 1 aromatic heterocycles. The maximum Gasteiger partial charge on any atom is 0.273 e. The number of rotatable bonds is 1. The maximum absolute atomic E-state index is 13.3. The van der Waals surface area contributed by atoms with Crippen LogP contribution in [0.2, 0.25) is 0 Å². The van der Waals surface area contributed by atoms with E-state index in [1.54, 1.807) is 6.07 Å². The van der Waals surface area contributed by atoms with Crippen molar-refractivity contribution in [2.45, 2.75) is 13.3 Å². The molecule has 14 heavy (non-hydrogen) atoms. The summed E-state index contributed by atoms with van der Waals surface area (Å²) in [5.41, 5.74) is 0.359. The Morgan fingerprint density at radius 2 is 2.00 bits per heavy atom. The first-order chi connectivity index (χ1) is 6.61. The lowest BCUT2D eigenvalue weighted by molar-refractivity contribution is 0.155. The molecule has 0 aliphatic heterocycles. The Bertz CT molecular complexity index is 473. The van der Waals surface area contributed by atoms with E-state index in [0.29, 0.717) is 15.6 Å². The first-order valence-corrected chi connectivity index (χ1v) is 4.88. The van der Waals surface area contributed by atoms with Crippen molar-refractivity contribution in [2.75, 3.05) is 0 Å². The van der Waals surface area contributed by atoms with Gasteiger partial charge in [0.15, 0.2) is 0 Å². The van der Waals surface area contributed by atoms with Crippen molar-refractivity contribution in [3.63, 3.8) is 0 Å². The fourth-order valence-corrected chi connectivity index (χ4v) is 2.56. The molecule has 2 rings (SSSR count). The topological polar surface area (TPSA) is 0 Å². The summed E-state index contributed by atoms with van der Waals surface area (Å²) in [6.45, 7) is 1.53. The third-order valence-electron chi connectivity index (χ3n) is 2.14. The molecule has 0 unspecified atom stereocenters. The average Bonchev–Trinajstić information content (AvgIpc) is 2.45. The van der Waals surface area contributed by atoms with Gasteiger partial charge < -0.3 is 0 Å². The van der Waals surface area contributed by atoms with Gasteiger partial charge in [-0.1, -0.05) is 6.07 Å². The lowest BCUT2D eigenvalue weighted by Crippen LogP contribution is -1.82. The minimum atomic E-state index is -2.52. The molecule has 1 heterocycles. The fourth-order valence-electron chi connectivity index (χ4n) is 1.48. The van der Waals surface area contributed by atoms with Crippen LogP contribution in [-0.2, 0) is 0 Å². The van der Waals surface area contributed by atoms with Crippen molar-refractivity contribution in [1.82, 2.24) is 0 Å². The molecule has 2 aromatic rings. The number of hydrogen-bond acceptors (Lipinski definition) is 1. The van der Waals surface area contributed by atoms with Gasteiger partial charge in [-0.3, -0.25) is 0 Å². The number of aryl methyl sites for hydroxylation is 1. The van der Waals surface area contributed by atoms with Crippen LogP contribution in [0.4, 0.5) is 13.2 Å². The van der Waals surface area contributed by atoms with Gasteiger partial charge in [-0.15, -0.1) is 11.3 Å². The Morgan fingerprint density at radius 3 is 2.57 bits per heavy atom. The monoisotopic (exact) mass is 216 g/mol. The summed E-state index contributed by atoms with van der Waals surface area (Å²) in [5, 5.41) is 0.327. The molecule has 0 fully saturated rings. The normalized spacial score (nSPS) is 11.5. The number of hydrogen-bond donors (Lipinski definition) is 0. The van der Waals surface area contributed by atoms with E-state index in [1.807, 2.05) is 0 Å². The van der Waals surface area contributed by atoms with E-state index < -0.39 is 12.2 Å². The largest absolute Gasteiger partial charge is 0.273 e. The van der Waals surface area contributed by atoms with Crippen molar-refractivity contribution < 1.29 is 13.2 Å². The van der Waals surface area contributed by atoms with E-state index in [0.717, 1.165) is 11.3 Å².